The fraction of sp³-hybridized carbons (Fsp3) is 0.500. The van der Waals surface area contributed by atoms with Crippen LogP contribution in [0.5, 0.6) is 0 Å². The summed E-state index contributed by atoms with van der Waals surface area (Å²) in [6.45, 7) is 2.16. The molecule has 20 heavy (non-hydrogen) atoms. The van der Waals surface area contributed by atoms with Gasteiger partial charge in [-0.1, -0.05) is 28.1 Å². The minimum Gasteiger partial charge on any atom is -0.337 e. The van der Waals surface area contributed by atoms with Gasteiger partial charge in [0, 0.05) is 24.1 Å². The van der Waals surface area contributed by atoms with Gasteiger partial charge in [-0.2, -0.15) is 5.53 Å². The van der Waals surface area contributed by atoms with Crippen molar-refractivity contribution in [3.8, 4) is 0 Å². The zero-order chi connectivity index (χ0) is 13.9. The molecule has 1 aliphatic heterocycles. The van der Waals surface area contributed by atoms with E-state index >= 15 is 0 Å². The monoisotopic (exact) mass is 338 g/mol. The van der Waals surface area contributed by atoms with E-state index in [1.54, 1.807) is 0 Å². The Morgan fingerprint density at radius 3 is 2.90 bits per heavy atom. The topological polar surface area (TPSA) is 56.4 Å². The summed E-state index contributed by atoms with van der Waals surface area (Å²) in [5.74, 6) is 0.850. The molecule has 0 bridgehead atoms. The van der Waals surface area contributed by atoms with Crippen LogP contribution < -0.4 is 16.4 Å². The highest BCUT2D eigenvalue weighted by Crippen LogP contribution is 2.30. The molecule has 1 amide bonds. The molecule has 1 heterocycles. The van der Waals surface area contributed by atoms with Crippen LogP contribution in [0.1, 0.15) is 18.4 Å². The van der Waals surface area contributed by atoms with Gasteiger partial charge >= 0.3 is 0 Å². The number of hydrogen-bond donors (Lipinski definition) is 3. The Kier molecular flexibility index (Phi) is 4.35. The summed E-state index contributed by atoms with van der Waals surface area (Å²) in [6.07, 6.45) is 2.49. The number of carbonyl (C=O) groups excluding carboxylic acids is 1. The van der Waals surface area contributed by atoms with Gasteiger partial charge < -0.3 is 4.90 Å². The number of nitrogens with zero attached hydrogens (tertiary/aromatic N) is 1. The standard InChI is InChI=1S/C14H19BrN4O/c15-12-3-1-2-11(6-12)9-19(8-10-4-5-10)14(20)13-7-16-18-17-13/h1-3,6,10,13,16-18H,4-5,7-9H2. The first kappa shape index (κ1) is 14.0. The number of amides is 1. The SMILES string of the molecule is O=C(C1CNNN1)N(Cc1cccc(Br)c1)CC1CC1. The summed E-state index contributed by atoms with van der Waals surface area (Å²) >= 11 is 3.48. The maximum atomic E-state index is 12.6. The number of hydrogen-bond acceptors (Lipinski definition) is 4. The van der Waals surface area contributed by atoms with E-state index in [0.29, 0.717) is 19.0 Å². The van der Waals surface area contributed by atoms with Crippen LogP contribution in [0, 0.1) is 5.92 Å². The number of rotatable bonds is 5. The van der Waals surface area contributed by atoms with Crippen LogP contribution in [0.25, 0.3) is 0 Å². The maximum Gasteiger partial charge on any atom is 0.242 e. The van der Waals surface area contributed by atoms with Crippen LogP contribution >= 0.6 is 15.9 Å². The quantitative estimate of drug-likeness (QED) is 0.754. The second kappa shape index (κ2) is 6.22. The van der Waals surface area contributed by atoms with Gasteiger partial charge in [0.1, 0.15) is 6.04 Å². The van der Waals surface area contributed by atoms with E-state index in [2.05, 4.69) is 44.4 Å². The maximum absolute atomic E-state index is 12.6. The molecule has 2 fully saturated rings. The molecule has 1 aromatic carbocycles. The first-order valence-corrected chi connectivity index (χ1v) is 7.78. The Morgan fingerprint density at radius 2 is 2.25 bits per heavy atom. The second-order valence-electron chi connectivity index (χ2n) is 5.49. The predicted molar refractivity (Wildman–Crippen MR) is 80.3 cm³/mol. The number of carbonyl (C=O) groups is 1. The lowest BCUT2D eigenvalue weighted by molar-refractivity contribution is -0.133. The van der Waals surface area contributed by atoms with E-state index in [1.165, 1.54) is 12.8 Å². The van der Waals surface area contributed by atoms with Crippen LogP contribution in [0.4, 0.5) is 0 Å². The number of hydrazine groups is 2. The molecular weight excluding hydrogens is 320 g/mol. The highest BCUT2D eigenvalue weighted by molar-refractivity contribution is 9.10. The summed E-state index contributed by atoms with van der Waals surface area (Å²) < 4.78 is 1.05. The molecule has 1 unspecified atom stereocenters. The Bertz CT molecular complexity index is 486. The minimum absolute atomic E-state index is 0.161. The first-order chi connectivity index (χ1) is 9.72. The Labute approximate surface area is 127 Å². The van der Waals surface area contributed by atoms with Crippen molar-refractivity contribution in [2.75, 3.05) is 13.1 Å². The van der Waals surface area contributed by atoms with Gasteiger partial charge in [-0.15, -0.1) is 0 Å². The molecule has 0 aromatic heterocycles. The Hall–Kier alpha value is -0.950. The molecule has 2 aliphatic rings. The lowest BCUT2D eigenvalue weighted by Gasteiger charge is -2.25. The Balaban J connectivity index is 1.69. The number of halogens is 1. The number of nitrogens with one attached hydrogen (secondary N) is 3. The van der Waals surface area contributed by atoms with E-state index in [4.69, 9.17) is 0 Å². The third-order valence-electron chi connectivity index (χ3n) is 3.69. The lowest BCUT2D eigenvalue weighted by Crippen LogP contribution is -2.47. The van der Waals surface area contributed by atoms with Crippen LogP contribution in [0.3, 0.4) is 0 Å². The van der Waals surface area contributed by atoms with Gasteiger partial charge in [-0.25, -0.2) is 10.9 Å². The van der Waals surface area contributed by atoms with Crippen LogP contribution in [-0.2, 0) is 11.3 Å². The molecule has 5 nitrogen and oxygen atoms in total. The molecular formula is C14H19BrN4O. The van der Waals surface area contributed by atoms with E-state index in [0.717, 1.165) is 16.6 Å². The van der Waals surface area contributed by atoms with Crippen molar-refractivity contribution in [1.82, 2.24) is 21.3 Å². The predicted octanol–water partition coefficient (Wildman–Crippen LogP) is 1.17. The molecule has 3 N–H and O–H groups in total. The third-order valence-corrected chi connectivity index (χ3v) is 4.18. The highest BCUT2D eigenvalue weighted by Gasteiger charge is 2.31. The highest BCUT2D eigenvalue weighted by atomic mass is 79.9. The van der Waals surface area contributed by atoms with Crippen LogP contribution in [0.15, 0.2) is 28.7 Å². The molecule has 1 saturated carbocycles. The van der Waals surface area contributed by atoms with Crippen LogP contribution in [0.2, 0.25) is 0 Å². The molecule has 0 spiro atoms. The van der Waals surface area contributed by atoms with E-state index < -0.39 is 0 Å². The van der Waals surface area contributed by atoms with Crippen molar-refractivity contribution in [2.45, 2.75) is 25.4 Å². The molecule has 6 heteroatoms. The zero-order valence-corrected chi connectivity index (χ0v) is 12.8. The molecule has 1 atom stereocenters. The summed E-state index contributed by atoms with van der Waals surface area (Å²) in [4.78, 5) is 14.5. The van der Waals surface area contributed by atoms with Gasteiger partial charge in [-0.05, 0) is 36.5 Å². The van der Waals surface area contributed by atoms with E-state index in [9.17, 15) is 4.79 Å². The fourth-order valence-corrected chi connectivity index (χ4v) is 2.86. The molecule has 1 aromatic rings. The molecule has 108 valence electrons. The number of benzene rings is 1. The van der Waals surface area contributed by atoms with Crippen molar-refractivity contribution in [3.05, 3.63) is 34.3 Å². The van der Waals surface area contributed by atoms with Crippen LogP contribution in [-0.4, -0.2) is 29.9 Å². The zero-order valence-electron chi connectivity index (χ0n) is 11.2. The van der Waals surface area contributed by atoms with Crippen molar-refractivity contribution in [2.24, 2.45) is 5.92 Å². The largest absolute Gasteiger partial charge is 0.337 e. The van der Waals surface area contributed by atoms with E-state index in [-0.39, 0.29) is 11.9 Å². The summed E-state index contributed by atoms with van der Waals surface area (Å²) in [5.41, 5.74) is 9.85. The van der Waals surface area contributed by atoms with Gasteiger partial charge in [-0.3, -0.25) is 4.79 Å². The average molecular weight is 339 g/mol. The van der Waals surface area contributed by atoms with E-state index in [1.807, 2.05) is 17.0 Å². The average Bonchev–Trinajstić information content (AvgIpc) is 3.08. The molecule has 0 radical (unpaired) electrons. The smallest absolute Gasteiger partial charge is 0.242 e. The first-order valence-electron chi connectivity index (χ1n) is 6.99. The molecule has 3 rings (SSSR count). The molecule has 1 aliphatic carbocycles. The van der Waals surface area contributed by atoms with Gasteiger partial charge in [0.2, 0.25) is 5.91 Å². The second-order valence-corrected chi connectivity index (χ2v) is 6.41. The van der Waals surface area contributed by atoms with Gasteiger partial charge in [0.15, 0.2) is 0 Å². The molecule has 1 saturated heterocycles. The summed E-state index contributed by atoms with van der Waals surface area (Å²) in [7, 11) is 0. The van der Waals surface area contributed by atoms with Crippen molar-refractivity contribution in [1.29, 1.82) is 0 Å². The summed E-state index contributed by atoms with van der Waals surface area (Å²) in [6, 6.07) is 7.97. The third kappa shape index (κ3) is 3.58. The van der Waals surface area contributed by atoms with Crippen molar-refractivity contribution >= 4 is 21.8 Å². The summed E-state index contributed by atoms with van der Waals surface area (Å²) in [5, 5.41) is 0. The normalized spacial score (nSPS) is 21.9. The van der Waals surface area contributed by atoms with Gasteiger partial charge in [0.05, 0.1) is 0 Å². The van der Waals surface area contributed by atoms with Crippen molar-refractivity contribution in [3.63, 3.8) is 0 Å². The van der Waals surface area contributed by atoms with Crippen molar-refractivity contribution < 1.29 is 4.79 Å². The Morgan fingerprint density at radius 1 is 1.40 bits per heavy atom. The lowest BCUT2D eigenvalue weighted by atomic mass is 10.1. The minimum atomic E-state index is -0.180. The fourth-order valence-electron chi connectivity index (χ4n) is 2.41. The van der Waals surface area contributed by atoms with Gasteiger partial charge in [0.25, 0.3) is 0 Å².